The highest BCUT2D eigenvalue weighted by Crippen LogP contribution is 2.11. The quantitative estimate of drug-likeness (QED) is 0.0425. The van der Waals surface area contributed by atoms with Gasteiger partial charge in [-0.25, -0.2) is 4.79 Å². The van der Waals surface area contributed by atoms with Crippen LogP contribution in [0.15, 0.2) is 0 Å². The van der Waals surface area contributed by atoms with Gasteiger partial charge in [0, 0.05) is 12.8 Å². The molecule has 0 saturated carbocycles. The Morgan fingerprint density at radius 3 is 1.48 bits per heavy atom. The Morgan fingerprint density at radius 2 is 1.04 bits per heavy atom. The molecular formula is C31H53N7O14. The zero-order chi connectivity index (χ0) is 40.3. The van der Waals surface area contributed by atoms with E-state index in [1.807, 2.05) is 0 Å². The number of amides is 6. The van der Waals surface area contributed by atoms with E-state index in [9.17, 15) is 58.5 Å². The lowest BCUT2D eigenvalue weighted by atomic mass is 9.97. The van der Waals surface area contributed by atoms with Gasteiger partial charge in [-0.1, -0.05) is 34.1 Å². The van der Waals surface area contributed by atoms with Crippen LogP contribution < -0.4 is 37.6 Å². The molecule has 0 spiro atoms. The van der Waals surface area contributed by atoms with Crippen LogP contribution >= 0.6 is 0 Å². The van der Waals surface area contributed by atoms with Gasteiger partial charge in [-0.15, -0.1) is 0 Å². The first-order chi connectivity index (χ1) is 24.2. The van der Waals surface area contributed by atoms with Crippen molar-refractivity contribution in [2.75, 3.05) is 13.2 Å². The molecule has 0 aromatic rings. The van der Waals surface area contributed by atoms with Crippen LogP contribution in [0.5, 0.6) is 0 Å². The van der Waals surface area contributed by atoms with Crippen LogP contribution in [-0.4, -0.2) is 134 Å². The second-order valence-electron chi connectivity index (χ2n) is 12.6. The van der Waals surface area contributed by atoms with Crippen LogP contribution in [0.25, 0.3) is 0 Å². The number of nitrogens with one attached hydrogen (secondary N) is 6. The number of hydrogen-bond donors (Lipinski definition) is 12. The normalized spacial score (nSPS) is 15.6. The molecule has 21 heteroatoms. The number of aliphatic hydroxyl groups excluding tert-OH is 2. The van der Waals surface area contributed by atoms with E-state index >= 15 is 0 Å². The number of nitrogens with two attached hydrogens (primary N) is 1. The molecule has 0 saturated heterocycles. The van der Waals surface area contributed by atoms with Gasteiger partial charge in [0.05, 0.1) is 19.3 Å². The largest absolute Gasteiger partial charge is 0.481 e. The lowest BCUT2D eigenvalue weighted by molar-refractivity contribution is -0.143. The molecule has 0 aliphatic carbocycles. The fraction of sp³-hybridized carbons (Fsp3) is 0.710. The molecule has 6 amide bonds. The summed E-state index contributed by atoms with van der Waals surface area (Å²) in [5, 5.41) is 61.4. The molecule has 0 radical (unpaired) electrons. The Balaban J connectivity index is 6.00. The van der Waals surface area contributed by atoms with E-state index in [4.69, 9.17) is 15.9 Å². The molecule has 0 heterocycles. The summed E-state index contributed by atoms with van der Waals surface area (Å²) in [4.78, 5) is 111. The van der Waals surface area contributed by atoms with Crippen molar-refractivity contribution in [3.05, 3.63) is 0 Å². The molecule has 296 valence electrons. The highest BCUT2D eigenvalue weighted by Gasteiger charge is 2.36. The second-order valence-corrected chi connectivity index (χ2v) is 12.6. The van der Waals surface area contributed by atoms with Gasteiger partial charge in [-0.05, 0) is 38.0 Å². The van der Waals surface area contributed by atoms with Crippen molar-refractivity contribution in [1.29, 1.82) is 0 Å². The number of hydrogen-bond acceptors (Lipinski definition) is 12. The molecule has 0 aliphatic heterocycles. The minimum atomic E-state index is -1.77. The van der Waals surface area contributed by atoms with Gasteiger partial charge in [-0.3, -0.25) is 38.4 Å². The summed E-state index contributed by atoms with van der Waals surface area (Å²) in [7, 11) is 0. The summed E-state index contributed by atoms with van der Waals surface area (Å²) in [5.74, 6) is -10.8. The first-order valence-corrected chi connectivity index (χ1v) is 16.6. The number of carbonyl (C=O) groups is 9. The van der Waals surface area contributed by atoms with Gasteiger partial charge in [0.2, 0.25) is 35.4 Å². The average molecular weight is 748 g/mol. The van der Waals surface area contributed by atoms with E-state index in [0.29, 0.717) is 6.42 Å². The molecule has 52 heavy (non-hydrogen) atoms. The lowest BCUT2D eigenvalue weighted by Gasteiger charge is -2.29. The molecule has 0 fully saturated rings. The van der Waals surface area contributed by atoms with Crippen LogP contribution in [0.1, 0.15) is 73.1 Å². The summed E-state index contributed by atoms with van der Waals surface area (Å²) in [6, 6.07) is -9.24. The van der Waals surface area contributed by atoms with Gasteiger partial charge >= 0.3 is 17.9 Å². The standard InChI is InChI=1S/C31H53N7O14/c1-6-15(4)24(37-26(46)17(7-9-22(42)43)33-21(41)12-32)29(49)36-20(13-39)28(48)38-25(16(5)40)30(50)35-19(11-14(2)3)27(47)34-18(31(51)52)8-10-23(44)45/h14-20,24-25,39-40H,6-13,32H2,1-5H3,(H,33,41)(H,34,47)(H,35,50)(H,36,49)(H,37,46)(H,38,48)(H,42,43)(H,44,45)(H,51,52). The highest BCUT2D eigenvalue weighted by atomic mass is 16.4. The Labute approximate surface area is 300 Å². The van der Waals surface area contributed by atoms with Crippen molar-refractivity contribution in [1.82, 2.24) is 31.9 Å². The van der Waals surface area contributed by atoms with Gasteiger partial charge in [-0.2, -0.15) is 0 Å². The molecule has 0 bridgehead atoms. The molecule has 13 N–H and O–H groups in total. The first kappa shape index (κ1) is 47.1. The van der Waals surface area contributed by atoms with Crippen molar-refractivity contribution in [3.63, 3.8) is 0 Å². The average Bonchev–Trinajstić information content (AvgIpc) is 3.06. The minimum Gasteiger partial charge on any atom is -0.481 e. The summed E-state index contributed by atoms with van der Waals surface area (Å²) < 4.78 is 0. The summed E-state index contributed by atoms with van der Waals surface area (Å²) >= 11 is 0. The van der Waals surface area contributed by atoms with Gasteiger partial charge < -0.3 is 63.2 Å². The lowest BCUT2D eigenvalue weighted by Crippen LogP contribution is -2.62. The predicted octanol–water partition coefficient (Wildman–Crippen LogP) is -3.87. The number of carbonyl (C=O) groups excluding carboxylic acids is 6. The fourth-order valence-corrected chi connectivity index (χ4v) is 4.62. The summed E-state index contributed by atoms with van der Waals surface area (Å²) in [5.41, 5.74) is 5.29. The van der Waals surface area contributed by atoms with E-state index in [1.165, 1.54) is 0 Å². The zero-order valence-electron chi connectivity index (χ0n) is 29.8. The summed E-state index contributed by atoms with van der Waals surface area (Å²) in [6.45, 7) is 6.24. The molecular weight excluding hydrogens is 694 g/mol. The first-order valence-electron chi connectivity index (χ1n) is 16.6. The van der Waals surface area contributed by atoms with E-state index in [0.717, 1.165) is 6.92 Å². The fourth-order valence-electron chi connectivity index (χ4n) is 4.62. The Hall–Kier alpha value is -4.89. The maximum Gasteiger partial charge on any atom is 0.326 e. The molecule has 8 atom stereocenters. The summed E-state index contributed by atoms with van der Waals surface area (Å²) in [6.07, 6.45) is -3.19. The molecule has 0 aromatic heterocycles. The number of carboxylic acids is 3. The van der Waals surface area contributed by atoms with E-state index in [1.54, 1.807) is 27.7 Å². The monoisotopic (exact) mass is 747 g/mol. The van der Waals surface area contributed by atoms with Crippen LogP contribution in [-0.2, 0) is 43.2 Å². The number of aliphatic hydroxyl groups is 2. The predicted molar refractivity (Wildman–Crippen MR) is 180 cm³/mol. The van der Waals surface area contributed by atoms with Crippen LogP contribution in [0.4, 0.5) is 0 Å². The smallest absolute Gasteiger partial charge is 0.326 e. The van der Waals surface area contributed by atoms with Crippen LogP contribution in [0.3, 0.4) is 0 Å². The third-order valence-electron chi connectivity index (χ3n) is 7.76. The number of rotatable bonds is 25. The topological polar surface area (TPSA) is 353 Å². The van der Waals surface area contributed by atoms with Crippen molar-refractivity contribution >= 4 is 53.4 Å². The van der Waals surface area contributed by atoms with Crippen molar-refractivity contribution in [3.8, 4) is 0 Å². The minimum absolute atomic E-state index is 0.0333. The maximum absolute atomic E-state index is 13.4. The highest BCUT2D eigenvalue weighted by molar-refractivity contribution is 5.97. The van der Waals surface area contributed by atoms with Crippen LogP contribution in [0.2, 0.25) is 0 Å². The number of aliphatic carboxylic acids is 3. The van der Waals surface area contributed by atoms with E-state index < -0.39 is 134 Å². The van der Waals surface area contributed by atoms with Gasteiger partial charge in [0.15, 0.2) is 0 Å². The molecule has 0 rings (SSSR count). The zero-order valence-corrected chi connectivity index (χ0v) is 29.8. The van der Waals surface area contributed by atoms with Gasteiger partial charge in [0.25, 0.3) is 0 Å². The van der Waals surface area contributed by atoms with Crippen molar-refractivity contribution < 1.29 is 68.7 Å². The Bertz CT molecular complexity index is 1280. The molecule has 8 unspecified atom stereocenters. The van der Waals surface area contributed by atoms with Crippen molar-refractivity contribution in [2.45, 2.75) is 115 Å². The Kier molecular flexibility index (Phi) is 21.3. The van der Waals surface area contributed by atoms with E-state index in [-0.39, 0.29) is 18.8 Å². The number of carboxylic acid groups (broad SMARTS) is 3. The SMILES string of the molecule is CCC(C)C(NC(=O)C(CCC(=O)O)NC(=O)CN)C(=O)NC(CO)C(=O)NC(C(=O)NC(CC(C)C)C(=O)NC(CCC(=O)O)C(=O)O)C(C)O. The van der Waals surface area contributed by atoms with Crippen molar-refractivity contribution in [2.24, 2.45) is 17.6 Å². The van der Waals surface area contributed by atoms with Gasteiger partial charge in [0.1, 0.15) is 36.3 Å². The second kappa shape index (κ2) is 23.6. The molecule has 0 aliphatic rings. The third kappa shape index (κ3) is 17.4. The maximum atomic E-state index is 13.4. The molecule has 0 aromatic carbocycles. The van der Waals surface area contributed by atoms with E-state index in [2.05, 4.69) is 31.9 Å². The van der Waals surface area contributed by atoms with Crippen LogP contribution in [0, 0.1) is 11.8 Å². The molecule has 21 nitrogen and oxygen atoms in total. The third-order valence-corrected chi connectivity index (χ3v) is 7.76. The Morgan fingerprint density at radius 1 is 0.596 bits per heavy atom.